The highest BCUT2D eigenvalue weighted by molar-refractivity contribution is 5.82. The number of hydrogen-bond acceptors (Lipinski definition) is 4. The van der Waals surface area contributed by atoms with E-state index in [1.54, 1.807) is 9.80 Å². The minimum Gasteiger partial charge on any atom is -0.481 e. The highest BCUT2D eigenvalue weighted by atomic mass is 19.1. The number of carbonyl (C=O) groups is 2. The molecule has 2 amide bonds. The molecule has 136 valence electrons. The summed E-state index contributed by atoms with van der Waals surface area (Å²) in [4.78, 5) is 27.7. The van der Waals surface area contributed by atoms with Crippen molar-refractivity contribution in [3.63, 3.8) is 0 Å². The molecule has 2 aliphatic rings. The first-order valence-electron chi connectivity index (χ1n) is 8.30. The Hall–Kier alpha value is -2.22. The van der Waals surface area contributed by atoms with E-state index < -0.39 is 11.6 Å². The number of nitrogens with zero attached hydrogens (tertiary/aromatic N) is 2. The Kier molecular flexibility index (Phi) is 5.47. The molecule has 3 rings (SSSR count). The van der Waals surface area contributed by atoms with Gasteiger partial charge in [-0.25, -0.2) is 8.78 Å². The molecule has 0 bridgehead atoms. The van der Waals surface area contributed by atoms with Crippen LogP contribution in [-0.2, 0) is 14.3 Å². The number of rotatable bonds is 4. The van der Waals surface area contributed by atoms with E-state index in [9.17, 15) is 18.4 Å². The lowest BCUT2D eigenvalue weighted by Gasteiger charge is -2.35. The molecule has 8 heteroatoms. The monoisotopic (exact) mass is 354 g/mol. The first-order valence-corrected chi connectivity index (χ1v) is 8.30. The zero-order valence-electron chi connectivity index (χ0n) is 13.7. The standard InChI is InChI=1S/C17H20F2N2O4/c18-12-3-4-14(13(19)10-12)25-11-16(22)20-5-7-21(8-6-20)17(23)15-2-1-9-24-15/h3-4,10,15H,1-2,5-9,11H2. The van der Waals surface area contributed by atoms with E-state index >= 15 is 0 Å². The highest BCUT2D eigenvalue weighted by Gasteiger charge is 2.31. The van der Waals surface area contributed by atoms with Crippen molar-refractivity contribution in [2.75, 3.05) is 39.4 Å². The van der Waals surface area contributed by atoms with Crippen LogP contribution in [0.25, 0.3) is 0 Å². The Morgan fingerprint density at radius 3 is 2.52 bits per heavy atom. The fourth-order valence-corrected chi connectivity index (χ4v) is 2.98. The third kappa shape index (κ3) is 4.25. The summed E-state index contributed by atoms with van der Waals surface area (Å²) in [5.74, 6) is -2.04. The second-order valence-corrected chi connectivity index (χ2v) is 6.07. The van der Waals surface area contributed by atoms with Gasteiger partial charge in [-0.2, -0.15) is 0 Å². The number of amides is 2. The first kappa shape index (κ1) is 17.6. The molecule has 0 aliphatic carbocycles. The van der Waals surface area contributed by atoms with Crippen molar-refractivity contribution in [1.82, 2.24) is 9.80 Å². The summed E-state index contributed by atoms with van der Waals surface area (Å²) in [6.45, 7) is 1.96. The van der Waals surface area contributed by atoms with Gasteiger partial charge in [-0.3, -0.25) is 9.59 Å². The first-order chi connectivity index (χ1) is 12.0. The van der Waals surface area contributed by atoms with Crippen molar-refractivity contribution in [3.8, 4) is 5.75 Å². The Bertz CT molecular complexity index is 642. The molecule has 0 saturated carbocycles. The van der Waals surface area contributed by atoms with Gasteiger partial charge in [-0.1, -0.05) is 0 Å². The van der Waals surface area contributed by atoms with E-state index in [1.165, 1.54) is 0 Å². The van der Waals surface area contributed by atoms with Gasteiger partial charge < -0.3 is 19.3 Å². The third-order valence-electron chi connectivity index (χ3n) is 4.39. The number of benzene rings is 1. The predicted octanol–water partition coefficient (Wildman–Crippen LogP) is 1.19. The van der Waals surface area contributed by atoms with Gasteiger partial charge in [0.1, 0.15) is 11.9 Å². The molecule has 2 aliphatic heterocycles. The number of halogens is 2. The summed E-state index contributed by atoms with van der Waals surface area (Å²) in [5, 5.41) is 0. The third-order valence-corrected chi connectivity index (χ3v) is 4.39. The molecule has 25 heavy (non-hydrogen) atoms. The Morgan fingerprint density at radius 2 is 1.88 bits per heavy atom. The minimum atomic E-state index is -0.847. The summed E-state index contributed by atoms with van der Waals surface area (Å²) in [6.07, 6.45) is 1.29. The second kappa shape index (κ2) is 7.77. The second-order valence-electron chi connectivity index (χ2n) is 6.07. The molecule has 0 aromatic heterocycles. The van der Waals surface area contributed by atoms with Crippen LogP contribution in [0.4, 0.5) is 8.78 Å². The molecular weight excluding hydrogens is 334 g/mol. The van der Waals surface area contributed by atoms with Gasteiger partial charge in [0.2, 0.25) is 0 Å². The fraction of sp³-hybridized carbons (Fsp3) is 0.529. The van der Waals surface area contributed by atoms with Crippen LogP contribution in [0.3, 0.4) is 0 Å². The van der Waals surface area contributed by atoms with Gasteiger partial charge in [0.05, 0.1) is 0 Å². The van der Waals surface area contributed by atoms with Crippen molar-refractivity contribution in [3.05, 3.63) is 29.8 Å². The summed E-state index contributed by atoms with van der Waals surface area (Å²) < 4.78 is 36.8. The molecule has 1 aromatic rings. The summed E-state index contributed by atoms with van der Waals surface area (Å²) in [5.41, 5.74) is 0. The van der Waals surface area contributed by atoms with Crippen LogP contribution in [0.2, 0.25) is 0 Å². The fourth-order valence-electron chi connectivity index (χ4n) is 2.98. The quantitative estimate of drug-likeness (QED) is 0.815. The number of piperazine rings is 1. The topological polar surface area (TPSA) is 59.1 Å². The molecule has 6 nitrogen and oxygen atoms in total. The zero-order chi connectivity index (χ0) is 17.8. The van der Waals surface area contributed by atoms with Crippen LogP contribution >= 0.6 is 0 Å². The van der Waals surface area contributed by atoms with Crippen LogP contribution in [0.1, 0.15) is 12.8 Å². The molecule has 1 unspecified atom stereocenters. The van der Waals surface area contributed by atoms with E-state index in [0.717, 1.165) is 25.0 Å². The number of ether oxygens (including phenoxy) is 2. The maximum atomic E-state index is 13.5. The van der Waals surface area contributed by atoms with Crippen LogP contribution in [0.5, 0.6) is 5.75 Å². The average molecular weight is 354 g/mol. The largest absolute Gasteiger partial charge is 0.481 e. The van der Waals surface area contributed by atoms with Gasteiger partial charge in [-0.05, 0) is 25.0 Å². The van der Waals surface area contributed by atoms with Crippen LogP contribution in [-0.4, -0.2) is 67.1 Å². The normalized spacial score (nSPS) is 20.6. The zero-order valence-corrected chi connectivity index (χ0v) is 13.7. The lowest BCUT2D eigenvalue weighted by Crippen LogP contribution is -2.53. The molecule has 0 N–H and O–H groups in total. The summed E-state index contributed by atoms with van der Waals surface area (Å²) >= 11 is 0. The van der Waals surface area contributed by atoms with Crippen molar-refractivity contribution >= 4 is 11.8 Å². The molecule has 1 atom stereocenters. The Balaban J connectivity index is 1.45. The number of carbonyl (C=O) groups excluding carboxylic acids is 2. The predicted molar refractivity (Wildman–Crippen MR) is 84.0 cm³/mol. The van der Waals surface area contributed by atoms with E-state index in [0.29, 0.717) is 38.9 Å². The average Bonchev–Trinajstić information content (AvgIpc) is 3.15. The van der Waals surface area contributed by atoms with E-state index in [-0.39, 0.29) is 30.3 Å². The number of hydrogen-bond donors (Lipinski definition) is 0. The van der Waals surface area contributed by atoms with Crippen molar-refractivity contribution in [2.24, 2.45) is 0 Å². The van der Waals surface area contributed by atoms with Crippen LogP contribution in [0, 0.1) is 11.6 Å². The van der Waals surface area contributed by atoms with E-state index in [4.69, 9.17) is 9.47 Å². The Labute approximate surface area is 144 Å². The van der Waals surface area contributed by atoms with Crippen molar-refractivity contribution in [2.45, 2.75) is 18.9 Å². The molecule has 2 fully saturated rings. The summed E-state index contributed by atoms with van der Waals surface area (Å²) in [6, 6.07) is 2.92. The maximum Gasteiger partial charge on any atom is 0.260 e. The highest BCUT2D eigenvalue weighted by Crippen LogP contribution is 2.18. The summed E-state index contributed by atoms with van der Waals surface area (Å²) in [7, 11) is 0. The molecule has 1 aromatic carbocycles. The van der Waals surface area contributed by atoms with Gasteiger partial charge in [-0.15, -0.1) is 0 Å². The van der Waals surface area contributed by atoms with Crippen LogP contribution in [0.15, 0.2) is 18.2 Å². The van der Waals surface area contributed by atoms with Gasteiger partial charge in [0.25, 0.3) is 11.8 Å². The van der Waals surface area contributed by atoms with E-state index in [1.807, 2.05) is 0 Å². The van der Waals surface area contributed by atoms with Crippen molar-refractivity contribution in [1.29, 1.82) is 0 Å². The van der Waals surface area contributed by atoms with Crippen molar-refractivity contribution < 1.29 is 27.8 Å². The molecule has 0 radical (unpaired) electrons. The SMILES string of the molecule is O=C(COc1ccc(F)cc1F)N1CCN(C(=O)C2CCCO2)CC1. The lowest BCUT2D eigenvalue weighted by atomic mass is 10.2. The smallest absolute Gasteiger partial charge is 0.260 e. The Morgan fingerprint density at radius 1 is 1.16 bits per heavy atom. The van der Waals surface area contributed by atoms with E-state index in [2.05, 4.69) is 0 Å². The van der Waals surface area contributed by atoms with Gasteiger partial charge in [0.15, 0.2) is 18.2 Å². The molecule has 0 spiro atoms. The van der Waals surface area contributed by atoms with Gasteiger partial charge in [0, 0.05) is 38.9 Å². The van der Waals surface area contributed by atoms with Gasteiger partial charge >= 0.3 is 0 Å². The minimum absolute atomic E-state index is 0.0192. The lowest BCUT2D eigenvalue weighted by molar-refractivity contribution is -0.146. The molecular formula is C17H20F2N2O4. The maximum absolute atomic E-state index is 13.5. The molecule has 2 heterocycles. The van der Waals surface area contributed by atoms with Crippen LogP contribution < -0.4 is 4.74 Å². The molecule has 2 saturated heterocycles.